The van der Waals surface area contributed by atoms with E-state index in [1.165, 1.54) is 6.21 Å². The van der Waals surface area contributed by atoms with Crippen molar-refractivity contribution in [2.75, 3.05) is 13.2 Å². The first-order chi connectivity index (χ1) is 14.9. The first-order valence-electron chi connectivity index (χ1n) is 9.51. The van der Waals surface area contributed by atoms with Crippen LogP contribution in [0.1, 0.15) is 24.0 Å². The predicted octanol–water partition coefficient (Wildman–Crippen LogP) is 3.97. The Morgan fingerprint density at radius 3 is 2.71 bits per heavy atom. The highest BCUT2D eigenvalue weighted by molar-refractivity contribution is 6.42. The van der Waals surface area contributed by atoms with Crippen LogP contribution in [0.3, 0.4) is 0 Å². The molecule has 2 aromatic carbocycles. The van der Waals surface area contributed by atoms with Crippen LogP contribution in [0, 0.1) is 0 Å². The largest absolute Gasteiger partial charge is 0.488 e. The second-order valence-electron chi connectivity index (χ2n) is 6.76. The number of rotatable bonds is 7. The summed E-state index contributed by atoms with van der Waals surface area (Å²) in [5.41, 5.74) is 3.53. The van der Waals surface area contributed by atoms with Gasteiger partial charge in [-0.1, -0.05) is 40.9 Å². The molecular weight excluding hydrogens is 465 g/mol. The number of ether oxygens (including phenoxy) is 2. The Morgan fingerprint density at radius 1 is 1.13 bits per heavy atom. The van der Waals surface area contributed by atoms with Gasteiger partial charge in [-0.25, -0.2) is 5.43 Å². The van der Waals surface area contributed by atoms with E-state index in [2.05, 4.69) is 15.8 Å². The van der Waals surface area contributed by atoms with Crippen molar-refractivity contribution < 1.29 is 19.1 Å². The minimum Gasteiger partial charge on any atom is -0.488 e. The standard InChI is InChI=1S/C21H20Cl3N3O4/c22-15-4-6-19(31-12-13-3-5-17(23)18(24)8-13)14(9-15)10-26-27-21(29)20(28)25-11-16-2-1-7-30-16/h3-6,8-10,16H,1-2,7,11-12H2,(H,25,28)(H,27,29)/b26-10-/t16-/m0/s1. The summed E-state index contributed by atoms with van der Waals surface area (Å²) >= 11 is 18.0. The van der Waals surface area contributed by atoms with Gasteiger partial charge in [0, 0.05) is 23.7 Å². The summed E-state index contributed by atoms with van der Waals surface area (Å²) in [4.78, 5) is 23.8. The third-order valence-electron chi connectivity index (χ3n) is 4.44. The van der Waals surface area contributed by atoms with Crippen LogP contribution < -0.4 is 15.5 Å². The summed E-state index contributed by atoms with van der Waals surface area (Å²) in [5.74, 6) is -1.18. The van der Waals surface area contributed by atoms with Crippen molar-refractivity contribution in [3.05, 3.63) is 62.6 Å². The first-order valence-corrected chi connectivity index (χ1v) is 10.6. The highest BCUT2D eigenvalue weighted by Gasteiger charge is 2.19. The summed E-state index contributed by atoms with van der Waals surface area (Å²) in [5, 5.41) is 7.71. The molecule has 0 bridgehead atoms. The molecule has 1 heterocycles. The summed E-state index contributed by atoms with van der Waals surface area (Å²) in [7, 11) is 0. The number of hydrazone groups is 1. The van der Waals surface area contributed by atoms with Gasteiger partial charge in [0.05, 0.1) is 22.4 Å². The van der Waals surface area contributed by atoms with Gasteiger partial charge < -0.3 is 14.8 Å². The van der Waals surface area contributed by atoms with Gasteiger partial charge in [-0.15, -0.1) is 0 Å². The number of carbonyl (C=O) groups excluding carboxylic acids is 2. The summed E-state index contributed by atoms with van der Waals surface area (Å²) in [6, 6.07) is 10.2. The van der Waals surface area contributed by atoms with Gasteiger partial charge in [-0.2, -0.15) is 5.10 Å². The van der Waals surface area contributed by atoms with E-state index in [0.29, 0.717) is 33.0 Å². The van der Waals surface area contributed by atoms with Crippen molar-refractivity contribution in [2.24, 2.45) is 5.10 Å². The molecule has 0 radical (unpaired) electrons. The molecule has 1 atom stereocenters. The SMILES string of the molecule is O=C(NC[C@@H]1CCCO1)C(=O)N/N=C\c1cc(Cl)ccc1OCc1ccc(Cl)c(Cl)c1. The molecule has 164 valence electrons. The molecule has 0 unspecified atom stereocenters. The van der Waals surface area contributed by atoms with Gasteiger partial charge in [0.25, 0.3) is 0 Å². The molecule has 7 nitrogen and oxygen atoms in total. The van der Waals surface area contributed by atoms with E-state index < -0.39 is 11.8 Å². The average Bonchev–Trinajstić information content (AvgIpc) is 3.27. The molecule has 2 aromatic rings. The second kappa shape index (κ2) is 11.3. The van der Waals surface area contributed by atoms with Crippen LogP contribution in [0.4, 0.5) is 0 Å². The van der Waals surface area contributed by atoms with Gasteiger partial charge in [0.1, 0.15) is 12.4 Å². The number of halogens is 3. The predicted molar refractivity (Wildman–Crippen MR) is 120 cm³/mol. The first kappa shape index (κ1) is 23.3. The van der Waals surface area contributed by atoms with Crippen LogP contribution in [-0.2, 0) is 20.9 Å². The lowest BCUT2D eigenvalue weighted by Gasteiger charge is -2.11. The van der Waals surface area contributed by atoms with Crippen LogP contribution >= 0.6 is 34.8 Å². The zero-order valence-corrected chi connectivity index (χ0v) is 18.6. The van der Waals surface area contributed by atoms with Crippen molar-refractivity contribution in [2.45, 2.75) is 25.6 Å². The van der Waals surface area contributed by atoms with Gasteiger partial charge in [0.2, 0.25) is 0 Å². The van der Waals surface area contributed by atoms with E-state index in [4.69, 9.17) is 44.3 Å². The summed E-state index contributed by atoms with van der Waals surface area (Å²) < 4.78 is 11.2. The average molecular weight is 485 g/mol. The molecule has 2 amide bonds. The molecule has 3 rings (SSSR count). The number of amides is 2. The Hall–Kier alpha value is -2.32. The fourth-order valence-corrected chi connectivity index (χ4v) is 3.35. The van der Waals surface area contributed by atoms with Crippen molar-refractivity contribution in [3.63, 3.8) is 0 Å². The van der Waals surface area contributed by atoms with E-state index in [1.807, 2.05) is 0 Å². The van der Waals surface area contributed by atoms with Crippen molar-refractivity contribution in [1.29, 1.82) is 0 Å². The normalized spacial score (nSPS) is 15.8. The zero-order valence-electron chi connectivity index (χ0n) is 16.4. The van der Waals surface area contributed by atoms with Crippen LogP contribution in [0.15, 0.2) is 41.5 Å². The molecule has 1 aliphatic rings. The van der Waals surface area contributed by atoms with Crippen LogP contribution in [0.5, 0.6) is 5.75 Å². The van der Waals surface area contributed by atoms with Crippen molar-refractivity contribution in [1.82, 2.24) is 10.7 Å². The number of hydrogen-bond acceptors (Lipinski definition) is 5. The third kappa shape index (κ3) is 7.11. The molecule has 10 heteroatoms. The van der Waals surface area contributed by atoms with Gasteiger partial charge in [-0.3, -0.25) is 9.59 Å². The minimum atomic E-state index is -0.880. The van der Waals surface area contributed by atoms with Gasteiger partial charge >= 0.3 is 11.8 Å². The highest BCUT2D eigenvalue weighted by Crippen LogP contribution is 2.25. The number of hydrogen-bond donors (Lipinski definition) is 2. The molecule has 31 heavy (non-hydrogen) atoms. The lowest BCUT2D eigenvalue weighted by molar-refractivity contribution is -0.139. The molecular formula is C21H20Cl3N3O4. The molecule has 0 aromatic heterocycles. The maximum absolute atomic E-state index is 11.9. The Bertz CT molecular complexity index is 978. The van der Waals surface area contributed by atoms with Crippen LogP contribution in [0.2, 0.25) is 15.1 Å². The van der Waals surface area contributed by atoms with Crippen molar-refractivity contribution >= 4 is 52.8 Å². The minimum absolute atomic E-state index is 0.0538. The molecule has 1 fully saturated rings. The van der Waals surface area contributed by atoms with E-state index in [-0.39, 0.29) is 19.3 Å². The Kier molecular flexibility index (Phi) is 8.54. The Labute approximate surface area is 194 Å². The monoisotopic (exact) mass is 483 g/mol. The van der Waals surface area contributed by atoms with Crippen molar-refractivity contribution in [3.8, 4) is 5.75 Å². The highest BCUT2D eigenvalue weighted by atomic mass is 35.5. The van der Waals surface area contributed by atoms with E-state index in [0.717, 1.165) is 18.4 Å². The Balaban J connectivity index is 1.56. The second-order valence-corrected chi connectivity index (χ2v) is 8.01. The fraction of sp³-hybridized carbons (Fsp3) is 0.286. The maximum atomic E-state index is 11.9. The van der Waals surface area contributed by atoms with Crippen LogP contribution in [-0.4, -0.2) is 37.3 Å². The number of nitrogens with one attached hydrogen (secondary N) is 2. The zero-order chi connectivity index (χ0) is 22.2. The maximum Gasteiger partial charge on any atom is 0.329 e. The van der Waals surface area contributed by atoms with E-state index >= 15 is 0 Å². The molecule has 0 saturated carbocycles. The number of benzene rings is 2. The summed E-state index contributed by atoms with van der Waals surface area (Å²) in [6.45, 7) is 1.19. The molecule has 2 N–H and O–H groups in total. The van der Waals surface area contributed by atoms with Gasteiger partial charge in [-0.05, 0) is 48.7 Å². The molecule has 1 aliphatic heterocycles. The topological polar surface area (TPSA) is 89.0 Å². The third-order valence-corrected chi connectivity index (χ3v) is 5.41. The summed E-state index contributed by atoms with van der Waals surface area (Å²) in [6.07, 6.45) is 3.11. The molecule has 0 spiro atoms. The van der Waals surface area contributed by atoms with E-state index in [9.17, 15) is 9.59 Å². The quantitative estimate of drug-likeness (QED) is 0.353. The Morgan fingerprint density at radius 2 is 1.97 bits per heavy atom. The fourth-order valence-electron chi connectivity index (χ4n) is 2.85. The number of carbonyl (C=O) groups is 2. The van der Waals surface area contributed by atoms with Crippen LogP contribution in [0.25, 0.3) is 0 Å². The van der Waals surface area contributed by atoms with Gasteiger partial charge in [0.15, 0.2) is 0 Å². The lowest BCUT2D eigenvalue weighted by Crippen LogP contribution is -2.41. The smallest absolute Gasteiger partial charge is 0.329 e. The van der Waals surface area contributed by atoms with E-state index in [1.54, 1.807) is 36.4 Å². The number of nitrogens with zero attached hydrogens (tertiary/aromatic N) is 1. The molecule has 1 saturated heterocycles. The molecule has 0 aliphatic carbocycles. The lowest BCUT2D eigenvalue weighted by atomic mass is 10.2.